The van der Waals surface area contributed by atoms with Gasteiger partial charge in [-0.1, -0.05) is 14.9 Å². The van der Waals surface area contributed by atoms with Crippen molar-refractivity contribution in [1.82, 2.24) is 0 Å². The van der Waals surface area contributed by atoms with E-state index >= 15 is 0 Å². The molecular formula is C12H28. The standard InChI is InChI=1S/C4H8.3C2H4.2CH4/c1-3-4-2;3*1-2;;/h1-4H2;3*1-2H2;2*1H4. The second kappa shape index (κ2) is 702. The van der Waals surface area contributed by atoms with Crippen molar-refractivity contribution < 1.29 is 0 Å². The van der Waals surface area contributed by atoms with Crippen molar-refractivity contribution in [1.29, 1.82) is 0 Å². The quantitative estimate of drug-likeness (QED) is 0.381. The van der Waals surface area contributed by atoms with Crippen LogP contribution < -0.4 is 0 Å². The highest BCUT2D eigenvalue weighted by atomic mass is 13.6. The zero-order valence-electron chi connectivity index (χ0n) is 7.07. The van der Waals surface area contributed by atoms with Gasteiger partial charge in [0.1, 0.15) is 0 Å². The number of rotatable bonds is 1. The SMILES string of the molecule is C.C.C=C.C=C.C=C.[CH2+]CC[CH2-]. The van der Waals surface area contributed by atoms with E-state index in [1.165, 1.54) is 0 Å². The monoisotopic (exact) mass is 172 g/mol. The van der Waals surface area contributed by atoms with Crippen LogP contribution in [0.5, 0.6) is 0 Å². The third kappa shape index (κ3) is 73400. The third-order valence-corrected chi connectivity index (χ3v) is 0.250. The first-order chi connectivity index (χ1) is 4.91. The molecule has 12 heavy (non-hydrogen) atoms. The van der Waals surface area contributed by atoms with Gasteiger partial charge in [-0.2, -0.15) is 0 Å². The highest BCUT2D eigenvalue weighted by molar-refractivity contribution is 4.38. The molecule has 0 amide bonds. The summed E-state index contributed by atoms with van der Waals surface area (Å²) >= 11 is 0. The Hall–Kier alpha value is -0.910. The Bertz CT molecular complexity index is 16.5. The molecule has 0 aliphatic heterocycles. The summed E-state index contributed by atoms with van der Waals surface area (Å²) in [5.74, 6) is 0. The van der Waals surface area contributed by atoms with Crippen molar-refractivity contribution in [2.24, 2.45) is 0 Å². The maximum absolute atomic E-state index is 3.54. The molecule has 0 atom stereocenters. The number of hydrogen-bond donors (Lipinski definition) is 0. The molecule has 0 heterocycles. The summed E-state index contributed by atoms with van der Waals surface area (Å²) in [4.78, 5) is 0. The van der Waals surface area contributed by atoms with Crippen molar-refractivity contribution in [2.45, 2.75) is 27.7 Å². The van der Waals surface area contributed by atoms with E-state index < -0.39 is 0 Å². The van der Waals surface area contributed by atoms with Gasteiger partial charge < -0.3 is 6.92 Å². The maximum atomic E-state index is 3.54. The first kappa shape index (κ1) is 43.6. The molecule has 76 valence electrons. The van der Waals surface area contributed by atoms with E-state index in [4.69, 9.17) is 0 Å². The number of hydrogen-bond acceptors (Lipinski definition) is 0. The molecule has 0 nitrogen and oxygen atoms in total. The molecule has 0 aliphatic rings. The predicted octanol–water partition coefficient (Wildman–Crippen LogP) is 5.11. The summed E-state index contributed by atoms with van der Waals surface area (Å²) in [6, 6.07) is 0. The average Bonchev–Trinajstić information content (AvgIpc) is 2.14. The molecule has 0 aromatic rings. The Balaban J connectivity index is -0.0000000101. The molecule has 0 unspecified atom stereocenters. The van der Waals surface area contributed by atoms with Gasteiger partial charge in [-0.25, -0.2) is 0 Å². The van der Waals surface area contributed by atoms with E-state index in [2.05, 4.69) is 53.3 Å². The normalized spacial score (nSPS) is 3.42. The van der Waals surface area contributed by atoms with Crippen molar-refractivity contribution >= 4 is 0 Å². The minimum atomic E-state index is 0. The lowest BCUT2D eigenvalue weighted by atomic mass is 10.4. The Labute approximate surface area is 81.7 Å². The van der Waals surface area contributed by atoms with Crippen molar-refractivity contribution in [3.05, 3.63) is 53.3 Å². The fraction of sp³-hybridized carbons (Fsp3) is 0.333. The summed E-state index contributed by atoms with van der Waals surface area (Å²) in [7, 11) is 0. The van der Waals surface area contributed by atoms with E-state index in [-0.39, 0.29) is 14.9 Å². The Kier molecular flexibility index (Phi) is 2550. The molecule has 0 rings (SSSR count). The zero-order chi connectivity index (χ0) is 9.41. The summed E-state index contributed by atoms with van der Waals surface area (Å²) in [6.07, 6.45) is 1.92. The minimum absolute atomic E-state index is 0. The van der Waals surface area contributed by atoms with Gasteiger partial charge in [-0.05, 0) is 0 Å². The minimum Gasteiger partial charge on any atom is -0.339 e. The molecule has 0 spiro atoms. The van der Waals surface area contributed by atoms with Crippen molar-refractivity contribution in [3.63, 3.8) is 0 Å². The van der Waals surface area contributed by atoms with Crippen LogP contribution in [0.1, 0.15) is 27.7 Å². The van der Waals surface area contributed by atoms with Crippen LogP contribution in [0.3, 0.4) is 0 Å². The highest BCUT2D eigenvalue weighted by Gasteiger charge is 1.57. The van der Waals surface area contributed by atoms with Crippen LogP contribution in [-0.4, -0.2) is 0 Å². The van der Waals surface area contributed by atoms with E-state index in [1.807, 2.05) is 0 Å². The molecule has 0 fully saturated rings. The van der Waals surface area contributed by atoms with Crippen LogP contribution in [0.2, 0.25) is 0 Å². The Morgan fingerprint density at radius 2 is 0.917 bits per heavy atom. The summed E-state index contributed by atoms with van der Waals surface area (Å²) in [6.45, 7) is 25.1. The Morgan fingerprint density at radius 3 is 0.917 bits per heavy atom. The second-order valence-corrected chi connectivity index (χ2v) is 0.707. The van der Waals surface area contributed by atoms with Gasteiger partial charge in [0, 0.05) is 0 Å². The molecule has 0 saturated heterocycles. The number of unbranched alkanes of at least 4 members (excludes halogenated alkanes) is 1. The van der Waals surface area contributed by atoms with Gasteiger partial charge in [0.25, 0.3) is 0 Å². The smallest absolute Gasteiger partial charge is 0.0587 e. The van der Waals surface area contributed by atoms with Gasteiger partial charge >= 0.3 is 0 Å². The molecule has 0 aromatic heterocycles. The lowest BCUT2D eigenvalue weighted by molar-refractivity contribution is 1.05. The highest BCUT2D eigenvalue weighted by Crippen LogP contribution is 1.75. The molecule has 0 bridgehead atoms. The first-order valence-corrected chi connectivity index (χ1v) is 3.00. The topological polar surface area (TPSA) is 0 Å². The zero-order valence-corrected chi connectivity index (χ0v) is 7.07. The molecule has 0 aromatic carbocycles. The first-order valence-electron chi connectivity index (χ1n) is 3.00. The van der Waals surface area contributed by atoms with E-state index in [1.54, 1.807) is 0 Å². The average molecular weight is 172 g/mol. The van der Waals surface area contributed by atoms with Crippen LogP contribution >= 0.6 is 0 Å². The molecule has 0 radical (unpaired) electrons. The van der Waals surface area contributed by atoms with Gasteiger partial charge in [0.05, 0.1) is 13.3 Å². The van der Waals surface area contributed by atoms with Crippen LogP contribution in [-0.2, 0) is 0 Å². The lowest BCUT2D eigenvalue weighted by Crippen LogP contribution is -1.49. The van der Waals surface area contributed by atoms with Crippen LogP contribution in [0, 0.1) is 13.8 Å². The van der Waals surface area contributed by atoms with Crippen LogP contribution in [0.25, 0.3) is 0 Å². The maximum Gasteiger partial charge on any atom is 0.0587 e. The van der Waals surface area contributed by atoms with Crippen molar-refractivity contribution in [2.75, 3.05) is 0 Å². The summed E-state index contributed by atoms with van der Waals surface area (Å²) in [5.41, 5.74) is 0. The van der Waals surface area contributed by atoms with Gasteiger partial charge in [0.2, 0.25) is 0 Å². The van der Waals surface area contributed by atoms with Gasteiger partial charge in [-0.15, -0.1) is 45.9 Å². The largest absolute Gasteiger partial charge is 0.339 e. The van der Waals surface area contributed by atoms with Crippen LogP contribution in [0.15, 0.2) is 39.5 Å². The van der Waals surface area contributed by atoms with Gasteiger partial charge in [-0.3, -0.25) is 0 Å². The fourth-order valence-corrected chi connectivity index (χ4v) is 0. The van der Waals surface area contributed by atoms with Crippen molar-refractivity contribution in [3.8, 4) is 0 Å². The second-order valence-electron chi connectivity index (χ2n) is 0.707. The third-order valence-electron chi connectivity index (χ3n) is 0.250. The summed E-state index contributed by atoms with van der Waals surface area (Å²) < 4.78 is 0. The van der Waals surface area contributed by atoms with E-state index in [9.17, 15) is 0 Å². The molecule has 0 N–H and O–H groups in total. The van der Waals surface area contributed by atoms with Crippen LogP contribution in [0.4, 0.5) is 0 Å². The fourth-order valence-electron chi connectivity index (χ4n) is 0. The molecule has 0 heteroatoms. The predicted molar refractivity (Wildman–Crippen MR) is 67.2 cm³/mol. The molecule has 0 aliphatic carbocycles. The Morgan fingerprint density at radius 1 is 0.833 bits per heavy atom. The van der Waals surface area contributed by atoms with Gasteiger partial charge in [0.15, 0.2) is 0 Å². The molecular weight excluding hydrogens is 144 g/mol. The molecule has 0 saturated carbocycles. The van der Waals surface area contributed by atoms with E-state index in [0.717, 1.165) is 12.8 Å². The van der Waals surface area contributed by atoms with E-state index in [0.29, 0.717) is 0 Å². The summed E-state index contributed by atoms with van der Waals surface area (Å²) in [5, 5.41) is 0. The lowest BCUT2D eigenvalue weighted by Gasteiger charge is -1.71.